The van der Waals surface area contributed by atoms with Gasteiger partial charge in [0.25, 0.3) is 0 Å². The van der Waals surface area contributed by atoms with Gasteiger partial charge in [-0.15, -0.1) is 0 Å². The first-order valence-electron chi connectivity index (χ1n) is 9.82. The highest BCUT2D eigenvalue weighted by molar-refractivity contribution is 5.95. The van der Waals surface area contributed by atoms with Gasteiger partial charge in [0.1, 0.15) is 0 Å². The van der Waals surface area contributed by atoms with Gasteiger partial charge >= 0.3 is 11.9 Å². The topological polar surface area (TPSA) is 71.1 Å². The first-order chi connectivity index (χ1) is 15.5. The molecular formula is C26H24O6. The monoisotopic (exact) mass is 432 g/mol. The van der Waals surface area contributed by atoms with Crippen LogP contribution in [0.4, 0.5) is 0 Å². The van der Waals surface area contributed by atoms with Crippen molar-refractivity contribution in [2.24, 2.45) is 0 Å². The van der Waals surface area contributed by atoms with Crippen LogP contribution < -0.4 is 9.47 Å². The fourth-order valence-electron chi connectivity index (χ4n) is 3.24. The summed E-state index contributed by atoms with van der Waals surface area (Å²) in [7, 11) is 5.87. The van der Waals surface area contributed by atoms with Crippen molar-refractivity contribution in [1.29, 1.82) is 0 Å². The largest absolute Gasteiger partial charge is 0.493 e. The molecule has 0 spiro atoms. The highest BCUT2D eigenvalue weighted by Crippen LogP contribution is 2.34. The van der Waals surface area contributed by atoms with Crippen LogP contribution in [-0.4, -0.2) is 40.4 Å². The summed E-state index contributed by atoms with van der Waals surface area (Å²) >= 11 is 0. The van der Waals surface area contributed by atoms with Gasteiger partial charge in [-0.05, 0) is 64.7 Å². The third-order valence-corrected chi connectivity index (χ3v) is 4.95. The molecule has 0 amide bonds. The van der Waals surface area contributed by atoms with Gasteiger partial charge in [-0.3, -0.25) is 0 Å². The van der Waals surface area contributed by atoms with E-state index in [9.17, 15) is 9.59 Å². The van der Waals surface area contributed by atoms with Crippen LogP contribution in [-0.2, 0) is 9.47 Å². The molecule has 0 aliphatic carbocycles. The van der Waals surface area contributed by atoms with E-state index in [1.54, 1.807) is 38.5 Å². The van der Waals surface area contributed by atoms with Gasteiger partial charge in [0.05, 0.1) is 39.6 Å². The molecule has 0 aliphatic rings. The lowest BCUT2D eigenvalue weighted by molar-refractivity contribution is 0.0592. The number of hydrogen-bond donors (Lipinski definition) is 0. The maximum atomic E-state index is 11.8. The lowest BCUT2D eigenvalue weighted by Gasteiger charge is -2.13. The van der Waals surface area contributed by atoms with E-state index in [4.69, 9.17) is 18.9 Å². The van der Waals surface area contributed by atoms with Crippen LogP contribution in [0.3, 0.4) is 0 Å². The molecule has 0 saturated carbocycles. The van der Waals surface area contributed by atoms with E-state index < -0.39 is 5.97 Å². The normalized spacial score (nSPS) is 10.9. The van der Waals surface area contributed by atoms with Gasteiger partial charge < -0.3 is 18.9 Å². The standard InChI is InChI=1S/C26H24O6/c1-29-23-14-13-21(16-24(23)30-2)22(18-9-11-20(12-10-18)26(28)32-4)15-17-5-7-19(8-6-17)25(27)31-3/h5-16H,1-4H3/b22-15+. The van der Waals surface area contributed by atoms with Crippen LogP contribution in [0.25, 0.3) is 11.6 Å². The number of carbonyl (C=O) groups is 2. The van der Waals surface area contributed by atoms with E-state index in [1.165, 1.54) is 14.2 Å². The summed E-state index contributed by atoms with van der Waals surface area (Å²) in [5, 5.41) is 0. The zero-order valence-corrected chi connectivity index (χ0v) is 18.4. The van der Waals surface area contributed by atoms with Crippen molar-refractivity contribution in [3.63, 3.8) is 0 Å². The number of ether oxygens (including phenoxy) is 4. The van der Waals surface area contributed by atoms with Crippen LogP contribution >= 0.6 is 0 Å². The van der Waals surface area contributed by atoms with Crippen LogP contribution in [0, 0.1) is 0 Å². The molecule has 0 heterocycles. The Morgan fingerprint density at radius 2 is 1.06 bits per heavy atom. The molecule has 0 saturated heterocycles. The summed E-state index contributed by atoms with van der Waals surface area (Å²) in [6, 6.07) is 19.9. The van der Waals surface area contributed by atoms with E-state index >= 15 is 0 Å². The molecule has 0 aromatic heterocycles. The van der Waals surface area contributed by atoms with Gasteiger partial charge in [-0.1, -0.05) is 30.3 Å². The third kappa shape index (κ3) is 4.98. The SMILES string of the molecule is COC(=O)c1ccc(/C=C(\c2ccc(C(=O)OC)cc2)c2ccc(OC)c(OC)c2)cc1. The molecule has 0 bridgehead atoms. The molecule has 32 heavy (non-hydrogen) atoms. The number of benzene rings is 3. The Labute approximate surface area is 187 Å². The lowest BCUT2D eigenvalue weighted by atomic mass is 9.94. The van der Waals surface area contributed by atoms with Crippen LogP contribution in [0.5, 0.6) is 11.5 Å². The van der Waals surface area contributed by atoms with Crippen molar-refractivity contribution < 1.29 is 28.5 Å². The van der Waals surface area contributed by atoms with E-state index in [0.717, 1.165) is 22.3 Å². The summed E-state index contributed by atoms with van der Waals surface area (Å²) in [5.41, 5.74) is 4.50. The van der Waals surface area contributed by atoms with Crippen molar-refractivity contribution in [2.75, 3.05) is 28.4 Å². The Kier molecular flexibility index (Phi) is 7.29. The molecule has 0 unspecified atom stereocenters. The maximum absolute atomic E-state index is 11.8. The number of rotatable bonds is 7. The maximum Gasteiger partial charge on any atom is 0.337 e. The van der Waals surface area contributed by atoms with E-state index in [0.29, 0.717) is 22.6 Å². The summed E-state index contributed by atoms with van der Waals surface area (Å²) in [6.07, 6.45) is 2.00. The molecule has 6 heteroatoms. The molecule has 0 fully saturated rings. The fraction of sp³-hybridized carbons (Fsp3) is 0.154. The van der Waals surface area contributed by atoms with Crippen LogP contribution in [0.15, 0.2) is 66.7 Å². The second kappa shape index (κ2) is 10.3. The van der Waals surface area contributed by atoms with Crippen LogP contribution in [0.2, 0.25) is 0 Å². The average Bonchev–Trinajstić information content (AvgIpc) is 2.86. The smallest absolute Gasteiger partial charge is 0.337 e. The summed E-state index contributed by atoms with van der Waals surface area (Å²) < 4.78 is 20.4. The van der Waals surface area contributed by atoms with E-state index in [-0.39, 0.29) is 5.97 Å². The Balaban J connectivity index is 2.10. The highest BCUT2D eigenvalue weighted by atomic mass is 16.5. The first-order valence-corrected chi connectivity index (χ1v) is 9.82. The molecule has 0 aliphatic heterocycles. The van der Waals surface area contributed by atoms with Crippen molar-refractivity contribution in [3.05, 3.63) is 94.5 Å². The molecule has 164 valence electrons. The summed E-state index contributed by atoms with van der Waals surface area (Å²) in [5.74, 6) is 0.438. The zero-order valence-electron chi connectivity index (χ0n) is 18.4. The van der Waals surface area contributed by atoms with Gasteiger partial charge in [-0.2, -0.15) is 0 Å². The Morgan fingerprint density at radius 1 is 0.594 bits per heavy atom. The minimum atomic E-state index is -0.397. The summed E-state index contributed by atoms with van der Waals surface area (Å²) in [6.45, 7) is 0. The third-order valence-electron chi connectivity index (χ3n) is 4.95. The van der Waals surface area contributed by atoms with E-state index in [1.807, 2.05) is 48.5 Å². The second-order valence-electron chi connectivity index (χ2n) is 6.81. The Bertz CT molecular complexity index is 1130. The number of esters is 2. The predicted molar refractivity (Wildman–Crippen MR) is 122 cm³/mol. The van der Waals surface area contributed by atoms with Gasteiger partial charge in [0.15, 0.2) is 11.5 Å². The first kappa shape index (κ1) is 22.6. The second-order valence-corrected chi connectivity index (χ2v) is 6.81. The molecule has 0 N–H and O–H groups in total. The van der Waals surface area contributed by atoms with Crippen molar-refractivity contribution in [2.45, 2.75) is 0 Å². The minimum absolute atomic E-state index is 0.390. The predicted octanol–water partition coefficient (Wildman–Crippen LogP) is 4.87. The zero-order chi connectivity index (χ0) is 23.1. The fourth-order valence-corrected chi connectivity index (χ4v) is 3.24. The molecule has 6 nitrogen and oxygen atoms in total. The number of methoxy groups -OCH3 is 4. The lowest BCUT2D eigenvalue weighted by Crippen LogP contribution is -2.01. The van der Waals surface area contributed by atoms with Crippen molar-refractivity contribution >= 4 is 23.6 Å². The molecular weight excluding hydrogens is 408 g/mol. The van der Waals surface area contributed by atoms with Crippen molar-refractivity contribution in [3.8, 4) is 11.5 Å². The average molecular weight is 432 g/mol. The van der Waals surface area contributed by atoms with Gasteiger partial charge in [0, 0.05) is 0 Å². The quantitative estimate of drug-likeness (QED) is 0.392. The van der Waals surface area contributed by atoms with Gasteiger partial charge in [0.2, 0.25) is 0 Å². The molecule has 0 atom stereocenters. The van der Waals surface area contributed by atoms with Gasteiger partial charge in [-0.25, -0.2) is 9.59 Å². The highest BCUT2D eigenvalue weighted by Gasteiger charge is 2.12. The Hall–Kier alpha value is -4.06. The molecule has 3 rings (SSSR count). The van der Waals surface area contributed by atoms with Crippen molar-refractivity contribution in [1.82, 2.24) is 0 Å². The number of hydrogen-bond acceptors (Lipinski definition) is 6. The Morgan fingerprint density at radius 3 is 1.56 bits per heavy atom. The minimum Gasteiger partial charge on any atom is -0.493 e. The number of carbonyl (C=O) groups excluding carboxylic acids is 2. The van der Waals surface area contributed by atoms with Crippen LogP contribution in [0.1, 0.15) is 37.4 Å². The molecule has 3 aromatic rings. The molecule has 3 aromatic carbocycles. The summed E-state index contributed by atoms with van der Waals surface area (Å²) in [4.78, 5) is 23.5. The van der Waals surface area contributed by atoms with E-state index in [2.05, 4.69) is 0 Å². The molecule has 0 radical (unpaired) electrons.